The zero-order valence-corrected chi connectivity index (χ0v) is 10.6. The zero-order chi connectivity index (χ0) is 13.0. The van der Waals surface area contributed by atoms with E-state index in [4.69, 9.17) is 15.2 Å². The number of carbonyl (C=O) groups is 1. The van der Waals surface area contributed by atoms with E-state index in [1.165, 1.54) is 0 Å². The minimum Gasteiger partial charge on any atom is -0.493 e. The summed E-state index contributed by atoms with van der Waals surface area (Å²) in [5.41, 5.74) is 7.69. The van der Waals surface area contributed by atoms with E-state index in [1.807, 2.05) is 12.1 Å². The van der Waals surface area contributed by atoms with E-state index >= 15 is 0 Å². The van der Waals surface area contributed by atoms with Crippen molar-refractivity contribution in [3.05, 3.63) is 29.3 Å². The fraction of sp³-hybridized carbons (Fsp3) is 0.500. The third kappa shape index (κ3) is 2.89. The number of Topliss-reactive ketones (excluding diaryl/α,β-unsaturated/α-hetero) is 1. The number of hydrogen-bond donors (Lipinski definition) is 1. The number of ketones is 1. The first-order valence-electron chi connectivity index (χ1n) is 6.27. The Labute approximate surface area is 107 Å². The molecule has 0 saturated carbocycles. The van der Waals surface area contributed by atoms with Gasteiger partial charge in [0.2, 0.25) is 0 Å². The van der Waals surface area contributed by atoms with Crippen molar-refractivity contribution in [3.63, 3.8) is 0 Å². The van der Waals surface area contributed by atoms with Gasteiger partial charge < -0.3 is 15.2 Å². The van der Waals surface area contributed by atoms with Gasteiger partial charge in [-0.05, 0) is 36.6 Å². The van der Waals surface area contributed by atoms with Gasteiger partial charge in [-0.15, -0.1) is 0 Å². The van der Waals surface area contributed by atoms with Crippen LogP contribution in [0.3, 0.4) is 0 Å². The number of hydrogen-bond acceptors (Lipinski definition) is 4. The monoisotopic (exact) mass is 249 g/mol. The van der Waals surface area contributed by atoms with Gasteiger partial charge in [0.15, 0.2) is 5.78 Å². The summed E-state index contributed by atoms with van der Waals surface area (Å²) in [6, 6.07) is 5.11. The lowest BCUT2D eigenvalue weighted by Crippen LogP contribution is -2.30. The molecule has 1 heterocycles. The lowest BCUT2D eigenvalue weighted by Gasteiger charge is -2.11. The Morgan fingerprint density at radius 2 is 2.39 bits per heavy atom. The first-order chi connectivity index (χ1) is 8.72. The van der Waals surface area contributed by atoms with Crippen LogP contribution in [-0.4, -0.2) is 32.1 Å². The van der Waals surface area contributed by atoms with Crippen LogP contribution < -0.4 is 10.5 Å². The summed E-state index contributed by atoms with van der Waals surface area (Å²) in [6.07, 6.45) is 2.33. The molecular weight excluding hydrogens is 230 g/mol. The molecule has 1 aliphatic heterocycles. The van der Waals surface area contributed by atoms with Crippen molar-refractivity contribution >= 4 is 5.78 Å². The van der Waals surface area contributed by atoms with Crippen molar-refractivity contribution in [3.8, 4) is 5.75 Å². The molecule has 0 saturated heterocycles. The maximum absolute atomic E-state index is 12.1. The Bertz CT molecular complexity index is 431. The molecule has 2 rings (SSSR count). The summed E-state index contributed by atoms with van der Waals surface area (Å²) in [5, 5.41) is 0. The van der Waals surface area contributed by atoms with Gasteiger partial charge in [0.1, 0.15) is 5.75 Å². The van der Waals surface area contributed by atoms with E-state index in [2.05, 4.69) is 0 Å². The average molecular weight is 249 g/mol. The topological polar surface area (TPSA) is 61.5 Å². The highest BCUT2D eigenvalue weighted by Gasteiger charge is 2.19. The molecule has 0 bridgehead atoms. The fourth-order valence-corrected chi connectivity index (χ4v) is 2.13. The number of methoxy groups -OCH3 is 1. The lowest BCUT2D eigenvalue weighted by atomic mass is 9.99. The summed E-state index contributed by atoms with van der Waals surface area (Å²) in [4.78, 5) is 12.1. The summed E-state index contributed by atoms with van der Waals surface area (Å²) in [7, 11) is 1.65. The molecule has 1 aliphatic rings. The Hall–Kier alpha value is -1.39. The molecular formula is C14H19NO3. The van der Waals surface area contributed by atoms with Crippen LogP contribution in [-0.2, 0) is 11.2 Å². The fourth-order valence-electron chi connectivity index (χ4n) is 2.13. The van der Waals surface area contributed by atoms with Crippen molar-refractivity contribution in [2.45, 2.75) is 25.3 Å². The highest BCUT2D eigenvalue weighted by atomic mass is 16.5. The molecule has 0 radical (unpaired) electrons. The van der Waals surface area contributed by atoms with Crippen LogP contribution in [0.2, 0.25) is 0 Å². The zero-order valence-electron chi connectivity index (χ0n) is 10.6. The number of fused-ring (bicyclic) bond motifs is 1. The van der Waals surface area contributed by atoms with Gasteiger partial charge in [-0.25, -0.2) is 0 Å². The average Bonchev–Trinajstić information content (AvgIpc) is 2.85. The van der Waals surface area contributed by atoms with E-state index < -0.39 is 6.04 Å². The second-order valence-corrected chi connectivity index (χ2v) is 4.53. The molecule has 0 aromatic heterocycles. The molecule has 0 fully saturated rings. The van der Waals surface area contributed by atoms with Crippen LogP contribution >= 0.6 is 0 Å². The van der Waals surface area contributed by atoms with Crippen molar-refractivity contribution in [2.75, 3.05) is 20.3 Å². The third-order valence-corrected chi connectivity index (χ3v) is 3.17. The van der Waals surface area contributed by atoms with Crippen LogP contribution in [0.1, 0.15) is 28.8 Å². The molecule has 0 amide bonds. The van der Waals surface area contributed by atoms with Crippen molar-refractivity contribution < 1.29 is 14.3 Å². The Morgan fingerprint density at radius 1 is 1.56 bits per heavy atom. The minimum absolute atomic E-state index is 0.000744. The highest BCUT2D eigenvalue weighted by molar-refractivity contribution is 6.00. The van der Waals surface area contributed by atoms with Crippen molar-refractivity contribution in [1.29, 1.82) is 0 Å². The maximum Gasteiger partial charge on any atom is 0.179 e. The Morgan fingerprint density at radius 3 is 3.17 bits per heavy atom. The molecule has 1 atom stereocenters. The predicted molar refractivity (Wildman–Crippen MR) is 69.1 cm³/mol. The molecule has 1 aromatic rings. The summed E-state index contributed by atoms with van der Waals surface area (Å²) in [6.45, 7) is 1.34. The van der Waals surface area contributed by atoms with E-state index in [0.29, 0.717) is 25.2 Å². The number of benzene rings is 1. The van der Waals surface area contributed by atoms with Gasteiger partial charge in [-0.2, -0.15) is 0 Å². The first-order valence-corrected chi connectivity index (χ1v) is 6.27. The highest BCUT2D eigenvalue weighted by Crippen LogP contribution is 2.26. The number of nitrogens with two attached hydrogens (primary N) is 1. The van der Waals surface area contributed by atoms with Crippen molar-refractivity contribution in [1.82, 2.24) is 0 Å². The van der Waals surface area contributed by atoms with Gasteiger partial charge in [0, 0.05) is 25.7 Å². The second-order valence-electron chi connectivity index (χ2n) is 4.53. The lowest BCUT2D eigenvalue weighted by molar-refractivity contribution is 0.0950. The molecule has 1 unspecified atom stereocenters. The third-order valence-electron chi connectivity index (χ3n) is 3.17. The molecule has 0 spiro atoms. The van der Waals surface area contributed by atoms with E-state index in [-0.39, 0.29) is 5.78 Å². The first kappa shape index (κ1) is 13.1. The van der Waals surface area contributed by atoms with Crippen molar-refractivity contribution in [2.24, 2.45) is 5.73 Å². The normalized spacial score (nSPS) is 15.0. The number of rotatable bonds is 6. The number of ether oxygens (including phenoxy) is 2. The molecule has 0 aliphatic carbocycles. The quantitative estimate of drug-likeness (QED) is 0.614. The molecule has 1 aromatic carbocycles. The minimum atomic E-state index is -0.444. The molecule has 2 N–H and O–H groups in total. The van der Waals surface area contributed by atoms with Crippen LogP contribution in [0.5, 0.6) is 5.75 Å². The largest absolute Gasteiger partial charge is 0.493 e. The van der Waals surface area contributed by atoms with Crippen LogP contribution in [0, 0.1) is 0 Å². The van der Waals surface area contributed by atoms with Gasteiger partial charge in [-0.1, -0.05) is 0 Å². The van der Waals surface area contributed by atoms with Crippen LogP contribution in [0.4, 0.5) is 0 Å². The van der Waals surface area contributed by atoms with Gasteiger partial charge in [0.05, 0.1) is 12.6 Å². The molecule has 18 heavy (non-hydrogen) atoms. The Kier molecular flexibility index (Phi) is 4.33. The van der Waals surface area contributed by atoms with Gasteiger partial charge in [0.25, 0.3) is 0 Å². The summed E-state index contributed by atoms with van der Waals surface area (Å²) < 4.78 is 10.4. The summed E-state index contributed by atoms with van der Waals surface area (Å²) >= 11 is 0. The maximum atomic E-state index is 12.1. The van der Waals surface area contributed by atoms with E-state index in [0.717, 1.165) is 24.2 Å². The molecule has 4 heteroatoms. The Balaban J connectivity index is 2.00. The number of carbonyl (C=O) groups excluding carboxylic acids is 1. The van der Waals surface area contributed by atoms with E-state index in [1.54, 1.807) is 13.2 Å². The van der Waals surface area contributed by atoms with Gasteiger partial charge >= 0.3 is 0 Å². The summed E-state index contributed by atoms with van der Waals surface area (Å²) in [5.74, 6) is 0.889. The van der Waals surface area contributed by atoms with E-state index in [9.17, 15) is 4.79 Å². The molecule has 4 nitrogen and oxygen atoms in total. The smallest absolute Gasteiger partial charge is 0.179 e. The van der Waals surface area contributed by atoms with Crippen LogP contribution in [0.25, 0.3) is 0 Å². The standard InChI is InChI=1S/C14H19NO3/c1-17-7-2-3-12(15)14(16)11-4-5-13-10(9-11)6-8-18-13/h4-5,9,12H,2-3,6-8,15H2,1H3. The second kappa shape index (κ2) is 5.98. The van der Waals surface area contributed by atoms with Gasteiger partial charge in [-0.3, -0.25) is 4.79 Å². The SMILES string of the molecule is COCCCC(N)C(=O)c1ccc2c(c1)CCO2. The predicted octanol–water partition coefficient (Wildman–Crippen LogP) is 1.56. The van der Waals surface area contributed by atoms with Crippen LogP contribution in [0.15, 0.2) is 18.2 Å². The molecule has 98 valence electrons.